The molecule has 0 saturated heterocycles. The average Bonchev–Trinajstić information content (AvgIpc) is 2.92. The van der Waals surface area contributed by atoms with Crippen molar-refractivity contribution in [1.82, 2.24) is 5.32 Å². The Morgan fingerprint density at radius 3 is 2.46 bits per heavy atom. The van der Waals surface area contributed by atoms with Crippen LogP contribution in [0.1, 0.15) is 38.4 Å². The molecular formula is C16H26NO5PS. The van der Waals surface area contributed by atoms with Crippen LogP contribution in [0.25, 0.3) is 0 Å². The van der Waals surface area contributed by atoms with Gasteiger partial charge in [0, 0.05) is 6.42 Å². The third-order valence-electron chi connectivity index (χ3n) is 3.30. The van der Waals surface area contributed by atoms with Crippen LogP contribution in [0.5, 0.6) is 0 Å². The summed E-state index contributed by atoms with van der Waals surface area (Å²) in [4.78, 5) is 21.5. The molecule has 2 unspecified atom stereocenters. The fourth-order valence-corrected chi connectivity index (χ4v) is 3.09. The molecule has 0 radical (unpaired) electrons. The molecular weight excluding hydrogens is 349 g/mol. The van der Waals surface area contributed by atoms with Crippen molar-refractivity contribution in [2.75, 3.05) is 13.1 Å². The number of hydrogen-bond donors (Lipinski definition) is 4. The first-order chi connectivity index (χ1) is 11.2. The van der Waals surface area contributed by atoms with Gasteiger partial charge >= 0.3 is 7.82 Å². The number of rotatable bonds is 7. The summed E-state index contributed by atoms with van der Waals surface area (Å²) in [6, 6.07) is 10.5. The van der Waals surface area contributed by atoms with Gasteiger partial charge in [0.15, 0.2) is 0 Å². The van der Waals surface area contributed by atoms with Gasteiger partial charge in [0.2, 0.25) is 0 Å². The molecule has 1 aromatic carbocycles. The van der Waals surface area contributed by atoms with Gasteiger partial charge in [-0.2, -0.15) is 0 Å². The summed E-state index contributed by atoms with van der Waals surface area (Å²) in [5.41, 5.74) is 1.27. The molecule has 1 aliphatic heterocycles. The van der Waals surface area contributed by atoms with Gasteiger partial charge in [-0.3, -0.25) is 0 Å². The normalized spacial score (nSPS) is 21.2. The molecule has 0 aromatic heterocycles. The lowest BCUT2D eigenvalue weighted by Crippen LogP contribution is -2.26. The van der Waals surface area contributed by atoms with E-state index in [-0.39, 0.29) is 11.0 Å². The Bertz CT molecular complexity index is 532. The van der Waals surface area contributed by atoms with Crippen LogP contribution in [0.15, 0.2) is 41.8 Å². The van der Waals surface area contributed by atoms with Crippen LogP contribution in [0.3, 0.4) is 0 Å². The Labute approximate surface area is 147 Å². The predicted octanol–water partition coefficient (Wildman–Crippen LogP) is 3.18. The lowest BCUT2D eigenvalue weighted by atomic mass is 10.1. The Morgan fingerprint density at radius 1 is 1.33 bits per heavy atom. The minimum atomic E-state index is -4.64. The maximum atomic E-state index is 8.88. The van der Waals surface area contributed by atoms with E-state index >= 15 is 0 Å². The number of phosphoric acid groups is 1. The van der Waals surface area contributed by atoms with E-state index in [0.29, 0.717) is 0 Å². The highest BCUT2D eigenvalue weighted by molar-refractivity contribution is 8.03. The molecule has 0 spiro atoms. The highest BCUT2D eigenvalue weighted by Crippen LogP contribution is 2.41. The van der Waals surface area contributed by atoms with Gasteiger partial charge in [0.1, 0.15) is 4.93 Å². The van der Waals surface area contributed by atoms with Crippen LogP contribution in [0.2, 0.25) is 0 Å². The Hall–Kier alpha value is -0.660. The largest absolute Gasteiger partial charge is 0.466 e. The first kappa shape index (κ1) is 21.4. The highest BCUT2D eigenvalue weighted by atomic mass is 32.2. The van der Waals surface area contributed by atoms with E-state index in [9.17, 15) is 0 Å². The molecule has 24 heavy (non-hydrogen) atoms. The van der Waals surface area contributed by atoms with E-state index in [4.69, 9.17) is 24.0 Å². The number of thioether (sulfide) groups is 1. The van der Waals surface area contributed by atoms with Crippen LogP contribution in [-0.4, -0.2) is 32.7 Å². The van der Waals surface area contributed by atoms with Crippen molar-refractivity contribution in [3.05, 3.63) is 47.4 Å². The van der Waals surface area contributed by atoms with Gasteiger partial charge in [-0.05, 0) is 37.4 Å². The summed E-state index contributed by atoms with van der Waals surface area (Å²) in [5.74, 6) is 0. The van der Waals surface area contributed by atoms with Crippen molar-refractivity contribution in [2.45, 2.75) is 37.7 Å². The Balaban J connectivity index is 0.000000505. The zero-order chi connectivity index (χ0) is 18.1. The number of hydrogen-bond acceptors (Lipinski definition) is 4. The molecule has 2 rings (SSSR count). The Morgan fingerprint density at radius 2 is 1.96 bits per heavy atom. The van der Waals surface area contributed by atoms with Crippen molar-refractivity contribution in [1.29, 1.82) is 0 Å². The second-order valence-corrected chi connectivity index (χ2v) is 7.90. The van der Waals surface area contributed by atoms with E-state index in [0.717, 1.165) is 25.9 Å². The smallest absolute Gasteiger partial charge is 0.356 e. The van der Waals surface area contributed by atoms with E-state index in [2.05, 4.69) is 61.0 Å². The second kappa shape index (κ2) is 10.4. The molecule has 1 heterocycles. The molecule has 136 valence electrons. The maximum absolute atomic E-state index is 8.88. The summed E-state index contributed by atoms with van der Waals surface area (Å²) in [5, 5.41) is 5.53. The average molecular weight is 375 g/mol. The van der Waals surface area contributed by atoms with Crippen molar-refractivity contribution >= 4 is 19.6 Å². The standard InChI is InChI=1S/C16H23NOS.H3O4P/c1-3-17-12-10-15(14-8-5-4-6-9-14)18-16(2)11-7-13-19-16;1-5(2,3)4/h4-9,13,15,17H,3,10-12H2,1-2H3;(H3,1,2,3,4). The summed E-state index contributed by atoms with van der Waals surface area (Å²) < 4.78 is 15.3. The molecule has 4 N–H and O–H groups in total. The monoisotopic (exact) mass is 375 g/mol. The summed E-state index contributed by atoms with van der Waals surface area (Å²) in [6.07, 6.45) is 4.35. The zero-order valence-corrected chi connectivity index (χ0v) is 15.7. The quantitative estimate of drug-likeness (QED) is 0.429. The SMILES string of the molecule is CCNCCC(OC1(C)CC=CS1)c1ccccc1.O=P(O)(O)O. The van der Waals surface area contributed by atoms with Gasteiger partial charge in [-0.1, -0.05) is 55.1 Å². The fraction of sp³-hybridized carbons (Fsp3) is 0.500. The van der Waals surface area contributed by atoms with E-state index in [1.165, 1.54) is 5.56 Å². The van der Waals surface area contributed by atoms with Crippen LogP contribution >= 0.6 is 19.6 Å². The fourth-order valence-electron chi connectivity index (χ4n) is 2.25. The van der Waals surface area contributed by atoms with E-state index in [1.54, 1.807) is 11.8 Å². The van der Waals surface area contributed by atoms with E-state index in [1.807, 2.05) is 0 Å². The molecule has 0 amide bonds. The first-order valence-corrected chi connectivity index (χ1v) is 10.2. The predicted molar refractivity (Wildman–Crippen MR) is 97.4 cm³/mol. The van der Waals surface area contributed by atoms with Crippen molar-refractivity contribution < 1.29 is 24.0 Å². The van der Waals surface area contributed by atoms with Crippen molar-refractivity contribution in [3.63, 3.8) is 0 Å². The van der Waals surface area contributed by atoms with Gasteiger partial charge in [-0.15, -0.1) is 0 Å². The van der Waals surface area contributed by atoms with Gasteiger partial charge in [0.25, 0.3) is 0 Å². The summed E-state index contributed by atoms with van der Waals surface area (Å²) in [6.45, 7) is 6.32. The van der Waals surface area contributed by atoms with Gasteiger partial charge < -0.3 is 24.7 Å². The minimum absolute atomic E-state index is 0.104. The first-order valence-electron chi connectivity index (χ1n) is 7.78. The molecule has 6 nitrogen and oxygen atoms in total. The molecule has 0 saturated carbocycles. The molecule has 0 aliphatic carbocycles. The number of ether oxygens (including phenoxy) is 1. The van der Waals surface area contributed by atoms with Crippen LogP contribution in [-0.2, 0) is 9.30 Å². The van der Waals surface area contributed by atoms with Crippen LogP contribution < -0.4 is 5.32 Å². The third-order valence-corrected chi connectivity index (χ3v) is 4.39. The summed E-state index contributed by atoms with van der Waals surface area (Å²) in [7, 11) is -4.64. The Kier molecular flexibility index (Phi) is 9.23. The number of nitrogens with one attached hydrogen (secondary N) is 1. The molecule has 8 heteroatoms. The summed E-state index contributed by atoms with van der Waals surface area (Å²) >= 11 is 1.78. The van der Waals surface area contributed by atoms with Crippen LogP contribution in [0, 0.1) is 0 Å². The van der Waals surface area contributed by atoms with Crippen molar-refractivity contribution in [2.24, 2.45) is 0 Å². The molecule has 1 aliphatic rings. The lowest BCUT2D eigenvalue weighted by Gasteiger charge is -2.30. The van der Waals surface area contributed by atoms with Crippen LogP contribution in [0.4, 0.5) is 0 Å². The number of benzene rings is 1. The molecule has 0 fully saturated rings. The molecule has 0 bridgehead atoms. The third kappa shape index (κ3) is 9.59. The topological polar surface area (TPSA) is 99.0 Å². The minimum Gasteiger partial charge on any atom is -0.356 e. The molecule has 2 atom stereocenters. The van der Waals surface area contributed by atoms with Gasteiger partial charge in [-0.25, -0.2) is 4.57 Å². The van der Waals surface area contributed by atoms with Crippen molar-refractivity contribution in [3.8, 4) is 0 Å². The second-order valence-electron chi connectivity index (χ2n) is 5.50. The lowest BCUT2D eigenvalue weighted by molar-refractivity contribution is -0.0266. The van der Waals surface area contributed by atoms with E-state index < -0.39 is 7.82 Å². The highest BCUT2D eigenvalue weighted by Gasteiger charge is 2.30. The maximum Gasteiger partial charge on any atom is 0.466 e. The molecule has 1 aromatic rings. The zero-order valence-electron chi connectivity index (χ0n) is 14.0. The van der Waals surface area contributed by atoms with Gasteiger partial charge in [0.05, 0.1) is 6.10 Å².